The van der Waals surface area contributed by atoms with E-state index in [-0.39, 0.29) is 23.4 Å². The van der Waals surface area contributed by atoms with Crippen molar-refractivity contribution in [1.29, 1.82) is 0 Å². The van der Waals surface area contributed by atoms with Crippen molar-refractivity contribution in [2.45, 2.75) is 44.5 Å². The lowest BCUT2D eigenvalue weighted by Gasteiger charge is -2.32. The molecule has 8 nitrogen and oxygen atoms in total. The molecule has 180 valence electrons. The first-order chi connectivity index (χ1) is 15.4. The van der Waals surface area contributed by atoms with Gasteiger partial charge in [-0.2, -0.15) is 0 Å². The van der Waals surface area contributed by atoms with Gasteiger partial charge in [-0.05, 0) is 25.8 Å². The van der Waals surface area contributed by atoms with E-state index in [2.05, 4.69) is 16.3 Å². The predicted octanol–water partition coefficient (Wildman–Crippen LogP) is 3.50. The van der Waals surface area contributed by atoms with Crippen molar-refractivity contribution in [3.05, 3.63) is 36.6 Å². The summed E-state index contributed by atoms with van der Waals surface area (Å²) in [5.41, 5.74) is 7.25. The molecule has 0 aromatic carbocycles. The molecule has 2 aliphatic rings. The standard InChI is InChI=1S/C21H26F3N5O3S/c1-13(28-5-7-33(30,31)8-6-28)9-14(2)29-12-17(27-20(29)15-3-4-15)16-10-18(19(25)26-11-16)32-21(22,23)24/h10-12,14-15H,1,3-9H2,2H3,(H2,25,26). The van der Waals surface area contributed by atoms with Crippen LogP contribution in [-0.4, -0.2) is 58.8 Å². The number of anilines is 1. The molecule has 0 bridgehead atoms. The third-order valence-corrected chi connectivity index (χ3v) is 7.51. The summed E-state index contributed by atoms with van der Waals surface area (Å²) in [4.78, 5) is 10.5. The van der Waals surface area contributed by atoms with Crippen LogP contribution >= 0.6 is 0 Å². The van der Waals surface area contributed by atoms with E-state index < -0.39 is 21.9 Å². The van der Waals surface area contributed by atoms with Gasteiger partial charge in [-0.1, -0.05) is 6.58 Å². The molecule has 1 saturated heterocycles. The summed E-state index contributed by atoms with van der Waals surface area (Å²) < 4.78 is 67.5. The van der Waals surface area contributed by atoms with Crippen molar-refractivity contribution in [2.75, 3.05) is 30.3 Å². The molecule has 0 amide bonds. The zero-order valence-corrected chi connectivity index (χ0v) is 19.0. The fourth-order valence-electron chi connectivity index (χ4n) is 3.94. The Morgan fingerprint density at radius 3 is 2.61 bits per heavy atom. The van der Waals surface area contributed by atoms with Crippen molar-refractivity contribution < 1.29 is 26.3 Å². The maximum Gasteiger partial charge on any atom is 0.573 e. The number of sulfone groups is 1. The molecule has 1 saturated carbocycles. The summed E-state index contributed by atoms with van der Waals surface area (Å²) in [5.74, 6) is 0.476. The van der Waals surface area contributed by atoms with Crippen molar-refractivity contribution >= 4 is 15.7 Å². The Labute approximate surface area is 190 Å². The van der Waals surface area contributed by atoms with Gasteiger partial charge in [0.05, 0.1) is 17.2 Å². The second-order valence-electron chi connectivity index (χ2n) is 8.58. The van der Waals surface area contributed by atoms with Gasteiger partial charge in [0.25, 0.3) is 0 Å². The van der Waals surface area contributed by atoms with E-state index in [0.29, 0.717) is 36.7 Å². The molecule has 4 rings (SSSR count). The van der Waals surface area contributed by atoms with Gasteiger partial charge in [0.1, 0.15) is 5.82 Å². The van der Waals surface area contributed by atoms with Crippen LogP contribution in [0.25, 0.3) is 11.3 Å². The molecule has 2 N–H and O–H groups in total. The molecule has 0 radical (unpaired) electrons. The van der Waals surface area contributed by atoms with E-state index in [9.17, 15) is 21.6 Å². The van der Waals surface area contributed by atoms with Crippen LogP contribution in [0.4, 0.5) is 19.0 Å². The van der Waals surface area contributed by atoms with Gasteiger partial charge in [-0.15, -0.1) is 13.2 Å². The summed E-state index contributed by atoms with van der Waals surface area (Å²) in [7, 11) is -2.98. The summed E-state index contributed by atoms with van der Waals surface area (Å²) in [6, 6.07) is 1.16. The molecule has 2 aromatic rings. The topological polar surface area (TPSA) is 103 Å². The first kappa shape index (κ1) is 23.4. The molecule has 1 atom stereocenters. The average molecular weight is 486 g/mol. The number of halogens is 3. The molecule has 1 aliphatic heterocycles. The third-order valence-electron chi connectivity index (χ3n) is 5.90. The minimum atomic E-state index is -4.88. The molecule has 2 aromatic heterocycles. The number of nitrogens with two attached hydrogens (primary N) is 1. The summed E-state index contributed by atoms with van der Waals surface area (Å²) in [6.07, 6.45) is 0.886. The number of imidazole rings is 1. The van der Waals surface area contributed by atoms with Crippen LogP contribution in [-0.2, 0) is 9.84 Å². The number of nitrogens with zero attached hydrogens (tertiary/aromatic N) is 4. The SMILES string of the molecule is C=C(CC(C)n1cc(-c2cnc(N)c(OC(F)(F)F)c2)nc1C1CC1)N1CCS(=O)(=O)CC1. The fourth-order valence-corrected chi connectivity index (χ4v) is 5.14. The third kappa shape index (κ3) is 5.60. The molecule has 1 aliphatic carbocycles. The number of hydrogen-bond donors (Lipinski definition) is 1. The number of pyridine rings is 1. The quantitative estimate of drug-likeness (QED) is 0.640. The van der Waals surface area contributed by atoms with Gasteiger partial charge in [0.2, 0.25) is 0 Å². The van der Waals surface area contributed by atoms with Gasteiger partial charge in [0, 0.05) is 55.1 Å². The van der Waals surface area contributed by atoms with Crippen molar-refractivity contribution in [2.24, 2.45) is 0 Å². The molecular formula is C21H26F3N5O3S. The first-order valence-electron chi connectivity index (χ1n) is 10.7. The normalized spacial score (nSPS) is 19.3. The molecule has 0 spiro atoms. The Balaban J connectivity index is 1.55. The van der Waals surface area contributed by atoms with Crippen molar-refractivity contribution in [1.82, 2.24) is 19.4 Å². The largest absolute Gasteiger partial charge is 0.573 e. The maximum atomic E-state index is 12.7. The number of aromatic nitrogens is 3. The van der Waals surface area contributed by atoms with Gasteiger partial charge < -0.3 is 19.9 Å². The zero-order chi connectivity index (χ0) is 24.0. The average Bonchev–Trinajstić information content (AvgIpc) is 3.46. The number of rotatable bonds is 7. The van der Waals surface area contributed by atoms with Crippen molar-refractivity contribution in [3.63, 3.8) is 0 Å². The summed E-state index contributed by atoms with van der Waals surface area (Å²) >= 11 is 0. The highest BCUT2D eigenvalue weighted by Gasteiger charge is 2.33. The van der Waals surface area contributed by atoms with E-state index in [0.717, 1.165) is 24.4 Å². The van der Waals surface area contributed by atoms with Crippen LogP contribution in [0, 0.1) is 0 Å². The van der Waals surface area contributed by atoms with Crippen LogP contribution in [0.1, 0.15) is 44.0 Å². The number of nitrogen functional groups attached to an aromatic ring is 1. The zero-order valence-electron chi connectivity index (χ0n) is 18.2. The Morgan fingerprint density at radius 1 is 1.33 bits per heavy atom. The highest BCUT2D eigenvalue weighted by molar-refractivity contribution is 7.91. The van der Waals surface area contributed by atoms with Crippen LogP contribution in [0.3, 0.4) is 0 Å². The molecule has 2 fully saturated rings. The first-order valence-corrected chi connectivity index (χ1v) is 12.5. The molecule has 1 unspecified atom stereocenters. The van der Waals surface area contributed by atoms with Crippen LogP contribution < -0.4 is 10.5 Å². The molecular weight excluding hydrogens is 459 g/mol. The maximum absolute atomic E-state index is 12.7. The minimum absolute atomic E-state index is 0.0273. The lowest BCUT2D eigenvalue weighted by molar-refractivity contribution is -0.274. The molecule has 3 heterocycles. The van der Waals surface area contributed by atoms with Crippen LogP contribution in [0.5, 0.6) is 5.75 Å². The van der Waals surface area contributed by atoms with E-state index >= 15 is 0 Å². The monoisotopic (exact) mass is 485 g/mol. The van der Waals surface area contributed by atoms with Crippen LogP contribution in [0.2, 0.25) is 0 Å². The minimum Gasteiger partial charge on any atom is -0.402 e. The van der Waals surface area contributed by atoms with Gasteiger partial charge in [-0.25, -0.2) is 18.4 Å². The smallest absolute Gasteiger partial charge is 0.402 e. The second kappa shape index (κ2) is 8.54. The second-order valence-corrected chi connectivity index (χ2v) is 10.9. The van der Waals surface area contributed by atoms with E-state index in [1.54, 1.807) is 6.20 Å². The highest BCUT2D eigenvalue weighted by Crippen LogP contribution is 2.42. The van der Waals surface area contributed by atoms with Crippen LogP contribution in [0.15, 0.2) is 30.7 Å². The molecule has 12 heteroatoms. The van der Waals surface area contributed by atoms with Gasteiger partial charge in [-0.3, -0.25) is 0 Å². The number of alkyl halides is 3. The summed E-state index contributed by atoms with van der Waals surface area (Å²) in [5, 5.41) is 0. The Kier molecular flexibility index (Phi) is 6.06. The number of allylic oxidation sites excluding steroid dienone is 1. The Morgan fingerprint density at radius 2 is 2.00 bits per heavy atom. The summed E-state index contributed by atoms with van der Waals surface area (Å²) in [6.45, 7) is 7.03. The fraction of sp³-hybridized carbons (Fsp3) is 0.524. The number of hydrogen-bond acceptors (Lipinski definition) is 7. The van der Waals surface area contributed by atoms with E-state index in [4.69, 9.17) is 10.7 Å². The van der Waals surface area contributed by atoms with E-state index in [1.807, 2.05) is 16.4 Å². The van der Waals surface area contributed by atoms with Crippen molar-refractivity contribution in [3.8, 4) is 17.0 Å². The predicted molar refractivity (Wildman–Crippen MR) is 117 cm³/mol. The lowest BCUT2D eigenvalue weighted by Crippen LogP contribution is -2.39. The lowest BCUT2D eigenvalue weighted by atomic mass is 10.1. The molecule has 33 heavy (non-hydrogen) atoms. The Bertz CT molecular complexity index is 1140. The van der Waals surface area contributed by atoms with Gasteiger partial charge in [0.15, 0.2) is 21.4 Å². The van der Waals surface area contributed by atoms with E-state index in [1.165, 1.54) is 12.3 Å². The number of ether oxygens (including phenoxy) is 1. The van der Waals surface area contributed by atoms with Gasteiger partial charge >= 0.3 is 6.36 Å². The highest BCUT2D eigenvalue weighted by atomic mass is 32.2. The Hall–Kier alpha value is -2.76.